The van der Waals surface area contributed by atoms with Gasteiger partial charge in [-0.3, -0.25) is 0 Å². The first-order chi connectivity index (χ1) is 8.09. The zero-order valence-corrected chi connectivity index (χ0v) is 10.6. The first kappa shape index (κ1) is 12.5. The standard InChI is InChI=1S/C9H17N5O2S/c1-14-9(7-11-13-14)17(15,16)12-6-4-8-3-2-5-10-8/h7-8,10,12H,2-6H2,1H3/t8-/m1/s1. The van der Waals surface area contributed by atoms with Crippen LogP contribution in [0.5, 0.6) is 0 Å². The third kappa shape index (κ3) is 3.02. The fourth-order valence-corrected chi connectivity index (χ4v) is 3.07. The van der Waals surface area contributed by atoms with E-state index in [1.165, 1.54) is 17.3 Å². The van der Waals surface area contributed by atoms with Gasteiger partial charge in [-0.2, -0.15) is 0 Å². The highest BCUT2D eigenvalue weighted by Crippen LogP contribution is 2.09. The molecule has 0 aromatic carbocycles. The minimum Gasteiger partial charge on any atom is -0.314 e. The Hall–Kier alpha value is -0.990. The van der Waals surface area contributed by atoms with Crippen LogP contribution in [0, 0.1) is 0 Å². The van der Waals surface area contributed by atoms with Gasteiger partial charge in [-0.05, 0) is 25.8 Å². The molecule has 0 bridgehead atoms. The van der Waals surface area contributed by atoms with Crippen molar-refractivity contribution in [3.8, 4) is 0 Å². The molecule has 1 atom stereocenters. The Balaban J connectivity index is 1.87. The van der Waals surface area contributed by atoms with Gasteiger partial charge in [-0.1, -0.05) is 5.21 Å². The molecule has 2 N–H and O–H groups in total. The zero-order valence-electron chi connectivity index (χ0n) is 9.76. The highest BCUT2D eigenvalue weighted by atomic mass is 32.2. The molecule has 17 heavy (non-hydrogen) atoms. The summed E-state index contributed by atoms with van der Waals surface area (Å²) >= 11 is 0. The van der Waals surface area contributed by atoms with E-state index in [0.29, 0.717) is 12.6 Å². The highest BCUT2D eigenvalue weighted by Gasteiger charge is 2.20. The van der Waals surface area contributed by atoms with Gasteiger partial charge in [0.15, 0.2) is 5.03 Å². The van der Waals surface area contributed by atoms with Gasteiger partial charge >= 0.3 is 0 Å². The summed E-state index contributed by atoms with van der Waals surface area (Å²) in [6, 6.07) is 0.433. The summed E-state index contributed by atoms with van der Waals surface area (Å²) < 4.78 is 27.5. The Kier molecular flexibility index (Phi) is 3.75. The first-order valence-corrected chi connectivity index (χ1v) is 7.15. The van der Waals surface area contributed by atoms with Crippen LogP contribution in [-0.2, 0) is 17.1 Å². The molecule has 0 saturated carbocycles. The van der Waals surface area contributed by atoms with Crippen LogP contribution in [-0.4, -0.2) is 42.5 Å². The lowest BCUT2D eigenvalue weighted by molar-refractivity contribution is 0.532. The molecule has 1 aromatic heterocycles. The van der Waals surface area contributed by atoms with Gasteiger partial charge in [0.05, 0.1) is 6.20 Å². The molecule has 96 valence electrons. The Labute approximate surface area is 101 Å². The number of nitrogens with one attached hydrogen (secondary N) is 2. The molecule has 2 rings (SSSR count). The monoisotopic (exact) mass is 259 g/mol. The molecule has 7 nitrogen and oxygen atoms in total. The van der Waals surface area contributed by atoms with Gasteiger partial charge in [-0.15, -0.1) is 5.10 Å². The van der Waals surface area contributed by atoms with Crippen LogP contribution in [0.4, 0.5) is 0 Å². The fourth-order valence-electron chi connectivity index (χ4n) is 1.97. The van der Waals surface area contributed by atoms with Crippen molar-refractivity contribution in [1.82, 2.24) is 25.0 Å². The number of hydrogen-bond donors (Lipinski definition) is 2. The molecule has 1 aliphatic heterocycles. The summed E-state index contributed by atoms with van der Waals surface area (Å²) in [6.07, 6.45) is 4.35. The predicted octanol–water partition coefficient (Wildman–Crippen LogP) is -0.764. The van der Waals surface area contributed by atoms with E-state index < -0.39 is 10.0 Å². The quantitative estimate of drug-likeness (QED) is 0.725. The van der Waals surface area contributed by atoms with Crippen molar-refractivity contribution < 1.29 is 8.42 Å². The Bertz CT molecular complexity index is 463. The molecule has 1 aliphatic rings. The van der Waals surface area contributed by atoms with Gasteiger partial charge in [0.1, 0.15) is 0 Å². The molecular weight excluding hydrogens is 242 g/mol. The number of aryl methyl sites for hydroxylation is 1. The van der Waals surface area contributed by atoms with E-state index in [4.69, 9.17) is 0 Å². The van der Waals surface area contributed by atoms with Crippen molar-refractivity contribution in [3.05, 3.63) is 6.20 Å². The SMILES string of the molecule is Cn1nncc1S(=O)(=O)NCC[C@H]1CCCN1. The predicted molar refractivity (Wildman–Crippen MR) is 61.8 cm³/mol. The Morgan fingerprint density at radius 1 is 1.65 bits per heavy atom. The van der Waals surface area contributed by atoms with Crippen molar-refractivity contribution >= 4 is 10.0 Å². The average Bonchev–Trinajstić information content (AvgIpc) is 2.88. The van der Waals surface area contributed by atoms with Crippen LogP contribution in [0.15, 0.2) is 11.2 Å². The van der Waals surface area contributed by atoms with Crippen molar-refractivity contribution in [2.24, 2.45) is 7.05 Å². The van der Waals surface area contributed by atoms with Gasteiger partial charge in [0, 0.05) is 19.6 Å². The number of hydrogen-bond acceptors (Lipinski definition) is 5. The number of aromatic nitrogens is 3. The Morgan fingerprint density at radius 2 is 2.47 bits per heavy atom. The molecule has 0 aliphatic carbocycles. The second-order valence-corrected chi connectivity index (χ2v) is 5.89. The summed E-state index contributed by atoms with van der Waals surface area (Å²) in [6.45, 7) is 1.47. The molecule has 0 spiro atoms. The van der Waals surface area contributed by atoms with Crippen LogP contribution in [0.2, 0.25) is 0 Å². The van der Waals surface area contributed by atoms with Crippen molar-refractivity contribution in [2.45, 2.75) is 30.3 Å². The summed E-state index contributed by atoms with van der Waals surface area (Å²) in [5, 5.41) is 10.6. The smallest absolute Gasteiger partial charge is 0.259 e. The molecule has 1 saturated heterocycles. The second-order valence-electron chi connectivity index (χ2n) is 4.18. The van der Waals surface area contributed by atoms with Crippen LogP contribution in [0.3, 0.4) is 0 Å². The van der Waals surface area contributed by atoms with E-state index in [1.54, 1.807) is 7.05 Å². The molecular formula is C9H17N5O2S. The first-order valence-electron chi connectivity index (χ1n) is 5.67. The van der Waals surface area contributed by atoms with Gasteiger partial charge in [0.25, 0.3) is 10.0 Å². The van der Waals surface area contributed by atoms with E-state index in [0.717, 1.165) is 19.4 Å². The molecule has 8 heteroatoms. The highest BCUT2D eigenvalue weighted by molar-refractivity contribution is 7.89. The van der Waals surface area contributed by atoms with Gasteiger partial charge in [-0.25, -0.2) is 17.8 Å². The van der Waals surface area contributed by atoms with Crippen LogP contribution in [0.1, 0.15) is 19.3 Å². The van der Waals surface area contributed by atoms with E-state index in [2.05, 4.69) is 20.4 Å². The molecule has 0 amide bonds. The zero-order chi connectivity index (χ0) is 12.3. The lowest BCUT2D eigenvalue weighted by atomic mass is 10.2. The third-order valence-electron chi connectivity index (χ3n) is 2.90. The van der Waals surface area contributed by atoms with E-state index >= 15 is 0 Å². The third-order valence-corrected chi connectivity index (χ3v) is 4.40. The van der Waals surface area contributed by atoms with E-state index in [9.17, 15) is 8.42 Å². The molecule has 0 unspecified atom stereocenters. The van der Waals surface area contributed by atoms with E-state index in [1.807, 2.05) is 0 Å². The lowest BCUT2D eigenvalue weighted by Crippen LogP contribution is -2.31. The molecule has 2 heterocycles. The fraction of sp³-hybridized carbons (Fsp3) is 0.778. The molecule has 1 aromatic rings. The number of rotatable bonds is 5. The maximum Gasteiger partial charge on any atom is 0.259 e. The Morgan fingerprint density at radius 3 is 3.06 bits per heavy atom. The number of nitrogens with zero attached hydrogens (tertiary/aromatic N) is 3. The maximum absolute atomic E-state index is 11.9. The average molecular weight is 259 g/mol. The number of sulfonamides is 1. The van der Waals surface area contributed by atoms with Crippen molar-refractivity contribution in [2.75, 3.05) is 13.1 Å². The minimum absolute atomic E-state index is 0.0943. The minimum atomic E-state index is -3.48. The largest absolute Gasteiger partial charge is 0.314 e. The second kappa shape index (κ2) is 5.11. The van der Waals surface area contributed by atoms with Crippen LogP contribution in [0.25, 0.3) is 0 Å². The summed E-state index contributed by atoms with van der Waals surface area (Å²) in [5.41, 5.74) is 0. The van der Waals surface area contributed by atoms with Gasteiger partial charge < -0.3 is 5.32 Å². The lowest BCUT2D eigenvalue weighted by Gasteiger charge is -2.10. The van der Waals surface area contributed by atoms with Gasteiger partial charge in [0.2, 0.25) is 0 Å². The normalized spacial score (nSPS) is 20.9. The molecule has 1 fully saturated rings. The summed E-state index contributed by atoms with van der Waals surface area (Å²) in [7, 11) is -1.92. The van der Waals surface area contributed by atoms with Crippen LogP contribution >= 0.6 is 0 Å². The topological polar surface area (TPSA) is 88.9 Å². The maximum atomic E-state index is 11.9. The van der Waals surface area contributed by atoms with Crippen molar-refractivity contribution in [1.29, 1.82) is 0 Å². The summed E-state index contributed by atoms with van der Waals surface area (Å²) in [4.78, 5) is 0. The summed E-state index contributed by atoms with van der Waals surface area (Å²) in [5.74, 6) is 0. The molecule has 0 radical (unpaired) electrons. The van der Waals surface area contributed by atoms with Crippen LogP contribution < -0.4 is 10.0 Å². The van der Waals surface area contributed by atoms with Crippen molar-refractivity contribution in [3.63, 3.8) is 0 Å². The van der Waals surface area contributed by atoms with E-state index in [-0.39, 0.29) is 5.03 Å².